The average molecular weight is 353 g/mol. The normalized spacial score (nSPS) is 11.8. The van der Waals surface area contributed by atoms with Gasteiger partial charge in [0.05, 0.1) is 10.0 Å². The Bertz CT molecular complexity index is 717. The Morgan fingerprint density at radius 3 is 2.45 bits per heavy atom. The van der Waals surface area contributed by atoms with E-state index in [1.807, 2.05) is 25.1 Å². The lowest BCUT2D eigenvalue weighted by molar-refractivity contribution is -0.577. The molecule has 2 rings (SSSR count). The molecule has 0 aliphatic carbocycles. The molecule has 0 fully saturated rings. The third-order valence-corrected chi connectivity index (χ3v) is 4.00. The minimum atomic E-state index is -0.222. The number of thiocarbonyl (C=S) groups is 1. The van der Waals surface area contributed by atoms with Crippen LogP contribution in [0, 0.1) is 0 Å². The van der Waals surface area contributed by atoms with Crippen molar-refractivity contribution in [2.24, 2.45) is 0 Å². The highest BCUT2D eigenvalue weighted by molar-refractivity contribution is 7.81. The first-order valence-corrected chi connectivity index (χ1v) is 7.82. The highest BCUT2D eigenvalue weighted by Crippen LogP contribution is 2.25. The number of halogens is 2. The van der Waals surface area contributed by atoms with Crippen molar-refractivity contribution in [3.63, 3.8) is 0 Å². The largest absolute Gasteiger partial charge is 0.867 e. The summed E-state index contributed by atoms with van der Waals surface area (Å²) in [6.07, 6.45) is 3.54. The minimum absolute atomic E-state index is 0.222. The number of pyridine rings is 1. The number of likely N-dealkylation sites (N-methyl/N-ethyl adjacent to an activating group) is 1. The summed E-state index contributed by atoms with van der Waals surface area (Å²) in [7, 11) is 0. The zero-order valence-electron chi connectivity index (χ0n) is 11.8. The van der Waals surface area contributed by atoms with Crippen molar-refractivity contribution in [3.8, 4) is 0 Å². The molecule has 6 heteroatoms. The van der Waals surface area contributed by atoms with E-state index in [0.29, 0.717) is 32.8 Å². The van der Waals surface area contributed by atoms with Crippen LogP contribution in [0.4, 0.5) is 0 Å². The Balaban J connectivity index is 2.59. The SMILES string of the molecule is CCNC(=S)C(=C([O-])c1ccc(Cl)c(Cl)c1)[n+]1ccccc1. The third kappa shape index (κ3) is 3.77. The first kappa shape index (κ1) is 16.7. The molecule has 1 aromatic heterocycles. The molecule has 1 aromatic carbocycles. The van der Waals surface area contributed by atoms with E-state index >= 15 is 0 Å². The van der Waals surface area contributed by atoms with Crippen molar-refractivity contribution >= 4 is 51.9 Å². The molecule has 3 nitrogen and oxygen atoms in total. The highest BCUT2D eigenvalue weighted by atomic mass is 35.5. The highest BCUT2D eigenvalue weighted by Gasteiger charge is 2.17. The van der Waals surface area contributed by atoms with Crippen LogP contribution in [0.25, 0.3) is 11.5 Å². The molecule has 0 saturated heterocycles. The topological polar surface area (TPSA) is 39.0 Å². The van der Waals surface area contributed by atoms with Gasteiger partial charge < -0.3 is 10.4 Å². The molecule has 1 N–H and O–H groups in total. The summed E-state index contributed by atoms with van der Waals surface area (Å²) in [5, 5.41) is 16.6. The molecule has 0 saturated carbocycles. The van der Waals surface area contributed by atoms with E-state index in [1.54, 1.807) is 35.2 Å². The molecule has 0 amide bonds. The zero-order chi connectivity index (χ0) is 16.1. The Morgan fingerprint density at radius 1 is 1.18 bits per heavy atom. The molecular formula is C16H14Cl2N2OS. The number of benzene rings is 1. The molecule has 0 radical (unpaired) electrons. The first-order valence-electron chi connectivity index (χ1n) is 6.66. The van der Waals surface area contributed by atoms with Gasteiger partial charge in [-0.2, -0.15) is 4.57 Å². The zero-order valence-corrected chi connectivity index (χ0v) is 14.2. The van der Waals surface area contributed by atoms with Crippen LogP contribution < -0.4 is 15.0 Å². The lowest BCUT2D eigenvalue weighted by Gasteiger charge is -2.16. The molecule has 2 aromatic rings. The minimum Gasteiger partial charge on any atom is -0.867 e. The maximum atomic E-state index is 12.8. The lowest BCUT2D eigenvalue weighted by atomic mass is 10.1. The van der Waals surface area contributed by atoms with E-state index in [9.17, 15) is 5.11 Å². The Morgan fingerprint density at radius 2 is 1.86 bits per heavy atom. The fraction of sp³-hybridized carbons (Fsp3) is 0.125. The van der Waals surface area contributed by atoms with E-state index < -0.39 is 0 Å². The number of aromatic nitrogens is 1. The van der Waals surface area contributed by atoms with Crippen LogP contribution in [0.1, 0.15) is 12.5 Å². The van der Waals surface area contributed by atoms with Gasteiger partial charge in [-0.3, -0.25) is 0 Å². The molecular weight excluding hydrogens is 339 g/mol. The molecule has 0 bridgehead atoms. The quantitative estimate of drug-likeness (QED) is 0.398. The van der Waals surface area contributed by atoms with E-state index in [4.69, 9.17) is 35.4 Å². The third-order valence-electron chi connectivity index (χ3n) is 2.92. The fourth-order valence-electron chi connectivity index (χ4n) is 1.90. The summed E-state index contributed by atoms with van der Waals surface area (Å²) >= 11 is 17.2. The molecule has 0 aliphatic rings. The average Bonchev–Trinajstić information content (AvgIpc) is 2.51. The van der Waals surface area contributed by atoms with Crippen molar-refractivity contribution in [1.82, 2.24) is 5.32 Å². The van der Waals surface area contributed by atoms with E-state index in [-0.39, 0.29) is 5.76 Å². The lowest BCUT2D eigenvalue weighted by Crippen LogP contribution is -2.42. The molecule has 114 valence electrons. The van der Waals surface area contributed by atoms with E-state index in [0.717, 1.165) is 0 Å². The van der Waals surface area contributed by atoms with E-state index in [2.05, 4.69) is 5.32 Å². The predicted octanol–water partition coefficient (Wildman–Crippen LogP) is 2.90. The Kier molecular flexibility index (Phi) is 5.77. The number of nitrogens with zero attached hydrogens (tertiary/aromatic N) is 1. The van der Waals surface area contributed by atoms with Gasteiger partial charge in [-0.25, -0.2) is 0 Å². The van der Waals surface area contributed by atoms with Crippen molar-refractivity contribution < 1.29 is 9.67 Å². The number of hydrogen-bond donors (Lipinski definition) is 1. The van der Waals surface area contributed by atoms with Crippen LogP contribution in [0.5, 0.6) is 0 Å². The van der Waals surface area contributed by atoms with Gasteiger partial charge in [-0.1, -0.05) is 47.6 Å². The fourth-order valence-corrected chi connectivity index (χ4v) is 2.54. The van der Waals surface area contributed by atoms with Gasteiger partial charge in [-0.05, 0) is 30.4 Å². The van der Waals surface area contributed by atoms with Gasteiger partial charge in [0.25, 0.3) is 0 Å². The standard InChI is InChI=1S/C16H14Cl2N2OS/c1-2-19-16(22)14(20-8-4-3-5-9-20)15(21)11-6-7-12(17)13(18)10-11/h3-10H,2H2,1H3,(H-,19,21,22). The van der Waals surface area contributed by atoms with Crippen molar-refractivity contribution in [2.45, 2.75) is 6.92 Å². The summed E-state index contributed by atoms with van der Waals surface area (Å²) in [5.41, 5.74) is 0.803. The van der Waals surface area contributed by atoms with Crippen LogP contribution >= 0.6 is 35.4 Å². The predicted molar refractivity (Wildman–Crippen MR) is 92.5 cm³/mol. The van der Waals surface area contributed by atoms with Gasteiger partial charge in [0.1, 0.15) is 0 Å². The van der Waals surface area contributed by atoms with Gasteiger partial charge in [0.2, 0.25) is 5.70 Å². The monoisotopic (exact) mass is 352 g/mol. The van der Waals surface area contributed by atoms with E-state index in [1.165, 1.54) is 0 Å². The second-order valence-electron chi connectivity index (χ2n) is 4.45. The second-order valence-corrected chi connectivity index (χ2v) is 5.67. The van der Waals surface area contributed by atoms with Crippen LogP contribution in [-0.4, -0.2) is 11.5 Å². The van der Waals surface area contributed by atoms with Crippen molar-refractivity contribution in [3.05, 3.63) is 64.4 Å². The van der Waals surface area contributed by atoms with Gasteiger partial charge in [-0.15, -0.1) is 0 Å². The summed E-state index contributed by atoms with van der Waals surface area (Å²) < 4.78 is 1.69. The maximum Gasteiger partial charge on any atom is 0.237 e. The molecule has 0 aliphatic heterocycles. The van der Waals surface area contributed by atoms with Crippen LogP contribution in [0.15, 0.2) is 48.8 Å². The number of nitrogens with one attached hydrogen (secondary N) is 1. The summed E-state index contributed by atoms with van der Waals surface area (Å²) in [6, 6.07) is 10.3. The summed E-state index contributed by atoms with van der Waals surface area (Å²) in [5.74, 6) is -0.222. The molecule has 0 unspecified atom stereocenters. The van der Waals surface area contributed by atoms with Gasteiger partial charge in [0, 0.05) is 18.7 Å². The second kappa shape index (κ2) is 7.58. The molecule has 22 heavy (non-hydrogen) atoms. The van der Waals surface area contributed by atoms with Crippen LogP contribution in [0.3, 0.4) is 0 Å². The molecule has 0 spiro atoms. The Hall–Kier alpha value is -1.62. The van der Waals surface area contributed by atoms with Crippen LogP contribution in [0.2, 0.25) is 10.0 Å². The first-order chi connectivity index (χ1) is 10.5. The van der Waals surface area contributed by atoms with Gasteiger partial charge >= 0.3 is 0 Å². The van der Waals surface area contributed by atoms with Crippen molar-refractivity contribution in [2.75, 3.05) is 6.54 Å². The van der Waals surface area contributed by atoms with Crippen molar-refractivity contribution in [1.29, 1.82) is 0 Å². The molecule has 1 heterocycles. The number of hydrogen-bond acceptors (Lipinski definition) is 2. The molecule has 0 atom stereocenters. The van der Waals surface area contributed by atoms with Gasteiger partial charge in [0.15, 0.2) is 17.4 Å². The Labute approximate surface area is 144 Å². The van der Waals surface area contributed by atoms with Crippen LogP contribution in [-0.2, 0) is 0 Å². The smallest absolute Gasteiger partial charge is 0.237 e. The maximum absolute atomic E-state index is 12.8. The number of rotatable bonds is 4. The summed E-state index contributed by atoms with van der Waals surface area (Å²) in [6.45, 7) is 2.55. The summed E-state index contributed by atoms with van der Waals surface area (Å²) in [4.78, 5) is 0.384.